The quantitative estimate of drug-likeness (QED) is 0.898. The zero-order valence-corrected chi connectivity index (χ0v) is 12.8. The summed E-state index contributed by atoms with van der Waals surface area (Å²) in [4.78, 5) is 0. The first kappa shape index (κ1) is 14.6. The van der Waals surface area contributed by atoms with E-state index in [-0.39, 0.29) is 5.41 Å². The highest BCUT2D eigenvalue weighted by Crippen LogP contribution is 2.38. The topological polar surface area (TPSA) is 38.0 Å². The molecule has 3 nitrogen and oxygen atoms in total. The Morgan fingerprint density at radius 1 is 1.15 bits per heavy atom. The number of aryl methyl sites for hydroxylation is 1. The number of nitrogens with zero attached hydrogens (tertiary/aromatic N) is 2. The van der Waals surface area contributed by atoms with Gasteiger partial charge in [0.15, 0.2) is 5.75 Å². The van der Waals surface area contributed by atoms with Gasteiger partial charge in [-0.15, -0.1) is 0 Å². The van der Waals surface area contributed by atoms with Crippen molar-refractivity contribution in [3.8, 4) is 17.0 Å². The van der Waals surface area contributed by atoms with Gasteiger partial charge >= 0.3 is 0 Å². The van der Waals surface area contributed by atoms with E-state index in [2.05, 4.69) is 32.8 Å². The Morgan fingerprint density at radius 3 is 2.35 bits per heavy atom. The highest BCUT2D eigenvalue weighted by molar-refractivity contribution is 5.67. The summed E-state index contributed by atoms with van der Waals surface area (Å²) in [5.74, 6) is 0.319. The maximum Gasteiger partial charge on any atom is 0.165 e. The fraction of sp³-hybridized carbons (Fsp3) is 0.471. The average Bonchev–Trinajstić information content (AvgIpc) is 2.74. The van der Waals surface area contributed by atoms with E-state index in [0.717, 1.165) is 30.6 Å². The molecule has 0 aliphatic carbocycles. The van der Waals surface area contributed by atoms with Crippen LogP contribution in [-0.4, -0.2) is 14.9 Å². The van der Waals surface area contributed by atoms with Crippen LogP contribution in [-0.2, 0) is 12.0 Å². The predicted molar refractivity (Wildman–Crippen MR) is 82.9 cm³/mol. The van der Waals surface area contributed by atoms with Crippen molar-refractivity contribution in [1.29, 1.82) is 0 Å². The Balaban J connectivity index is 2.53. The van der Waals surface area contributed by atoms with Crippen molar-refractivity contribution >= 4 is 0 Å². The van der Waals surface area contributed by atoms with E-state index in [1.807, 2.05) is 35.0 Å². The lowest BCUT2D eigenvalue weighted by Gasteiger charge is -2.20. The van der Waals surface area contributed by atoms with Crippen molar-refractivity contribution in [2.45, 2.75) is 52.5 Å². The molecular formula is C17H24N2O. The Bertz CT molecular complexity index is 565. The molecule has 1 heterocycles. The second-order valence-corrected chi connectivity index (χ2v) is 6.24. The number of hydrogen-bond acceptors (Lipinski definition) is 2. The van der Waals surface area contributed by atoms with E-state index in [9.17, 15) is 5.11 Å². The second kappa shape index (κ2) is 5.70. The van der Waals surface area contributed by atoms with E-state index in [1.165, 1.54) is 0 Å². The third kappa shape index (κ3) is 2.87. The van der Waals surface area contributed by atoms with E-state index in [0.29, 0.717) is 11.4 Å². The lowest BCUT2D eigenvalue weighted by Crippen LogP contribution is -2.18. The molecule has 2 rings (SSSR count). The Kier molecular flexibility index (Phi) is 4.17. The van der Waals surface area contributed by atoms with Crippen molar-refractivity contribution in [2.75, 3.05) is 0 Å². The molecule has 2 aromatic rings. The molecule has 0 spiro atoms. The number of rotatable bonds is 4. The van der Waals surface area contributed by atoms with E-state index < -0.39 is 0 Å². The molecular weight excluding hydrogens is 248 g/mol. The second-order valence-electron chi connectivity index (χ2n) is 6.24. The smallest absolute Gasteiger partial charge is 0.165 e. The third-order valence-corrected chi connectivity index (χ3v) is 3.41. The van der Waals surface area contributed by atoms with Crippen LogP contribution in [0.25, 0.3) is 11.3 Å². The maximum atomic E-state index is 10.6. The molecule has 1 aromatic heterocycles. The summed E-state index contributed by atoms with van der Waals surface area (Å²) in [6.45, 7) is 9.35. The molecule has 0 aliphatic rings. The van der Waals surface area contributed by atoms with Crippen LogP contribution in [0.2, 0.25) is 0 Å². The maximum absolute atomic E-state index is 10.6. The van der Waals surface area contributed by atoms with Crippen LogP contribution in [0.4, 0.5) is 0 Å². The van der Waals surface area contributed by atoms with Crippen molar-refractivity contribution in [2.24, 2.45) is 0 Å². The molecule has 20 heavy (non-hydrogen) atoms. The SMILES string of the molecule is CCCCn1nc(-c2ccccc2)c(O)c1C(C)(C)C. The van der Waals surface area contributed by atoms with Gasteiger partial charge in [0.1, 0.15) is 5.69 Å². The molecule has 0 radical (unpaired) electrons. The first-order valence-corrected chi connectivity index (χ1v) is 7.30. The first-order valence-electron chi connectivity index (χ1n) is 7.30. The molecule has 0 fully saturated rings. The van der Waals surface area contributed by atoms with Crippen molar-refractivity contribution in [3.05, 3.63) is 36.0 Å². The first-order chi connectivity index (χ1) is 9.45. The minimum absolute atomic E-state index is 0.127. The van der Waals surface area contributed by atoms with Crippen LogP contribution in [0.15, 0.2) is 30.3 Å². The lowest BCUT2D eigenvalue weighted by atomic mass is 9.90. The van der Waals surface area contributed by atoms with Crippen LogP contribution in [0.3, 0.4) is 0 Å². The molecule has 1 aromatic carbocycles. The van der Waals surface area contributed by atoms with Crippen LogP contribution >= 0.6 is 0 Å². The van der Waals surface area contributed by atoms with E-state index in [1.54, 1.807) is 0 Å². The average molecular weight is 272 g/mol. The number of aromatic hydroxyl groups is 1. The van der Waals surface area contributed by atoms with Gasteiger partial charge in [0.25, 0.3) is 0 Å². The van der Waals surface area contributed by atoms with Crippen molar-refractivity contribution in [1.82, 2.24) is 9.78 Å². The van der Waals surface area contributed by atoms with Crippen molar-refractivity contribution < 1.29 is 5.11 Å². The van der Waals surface area contributed by atoms with Gasteiger partial charge in [-0.3, -0.25) is 4.68 Å². The normalized spacial score (nSPS) is 11.8. The van der Waals surface area contributed by atoms with E-state index >= 15 is 0 Å². The Labute approximate surface area is 121 Å². The zero-order chi connectivity index (χ0) is 14.8. The predicted octanol–water partition coefficient (Wildman–Crippen LogP) is 4.35. The highest BCUT2D eigenvalue weighted by Gasteiger charge is 2.27. The molecule has 0 saturated carbocycles. The summed E-state index contributed by atoms with van der Waals surface area (Å²) in [5.41, 5.74) is 2.44. The molecule has 0 bridgehead atoms. The fourth-order valence-corrected chi connectivity index (χ4v) is 2.46. The van der Waals surface area contributed by atoms with Crippen LogP contribution < -0.4 is 0 Å². The van der Waals surface area contributed by atoms with Gasteiger partial charge in [-0.25, -0.2) is 0 Å². The van der Waals surface area contributed by atoms with Crippen LogP contribution in [0.5, 0.6) is 5.75 Å². The number of aromatic nitrogens is 2. The van der Waals surface area contributed by atoms with Gasteiger partial charge in [-0.1, -0.05) is 64.4 Å². The van der Waals surface area contributed by atoms with Crippen LogP contribution in [0.1, 0.15) is 46.2 Å². The highest BCUT2D eigenvalue weighted by atomic mass is 16.3. The third-order valence-electron chi connectivity index (χ3n) is 3.41. The largest absolute Gasteiger partial charge is 0.504 e. The number of hydrogen-bond donors (Lipinski definition) is 1. The molecule has 0 atom stereocenters. The van der Waals surface area contributed by atoms with E-state index in [4.69, 9.17) is 0 Å². The van der Waals surface area contributed by atoms with Crippen molar-refractivity contribution in [3.63, 3.8) is 0 Å². The van der Waals surface area contributed by atoms with Gasteiger partial charge < -0.3 is 5.11 Å². The molecule has 0 aliphatic heterocycles. The zero-order valence-electron chi connectivity index (χ0n) is 12.8. The Hall–Kier alpha value is -1.77. The Morgan fingerprint density at radius 2 is 1.80 bits per heavy atom. The minimum atomic E-state index is -0.127. The summed E-state index contributed by atoms with van der Waals surface area (Å²) in [6.07, 6.45) is 2.18. The van der Waals surface area contributed by atoms with Crippen LogP contribution in [0, 0.1) is 0 Å². The molecule has 108 valence electrons. The summed E-state index contributed by atoms with van der Waals surface area (Å²) >= 11 is 0. The minimum Gasteiger partial charge on any atom is -0.504 e. The number of benzene rings is 1. The standard InChI is InChI=1S/C17H24N2O/c1-5-6-12-19-16(17(2,3)4)15(20)14(18-19)13-10-8-7-9-11-13/h7-11,20H,5-6,12H2,1-4H3. The molecule has 0 amide bonds. The molecule has 0 saturated heterocycles. The molecule has 3 heteroatoms. The van der Waals surface area contributed by atoms with Gasteiger partial charge in [0.2, 0.25) is 0 Å². The summed E-state index contributed by atoms with van der Waals surface area (Å²) in [6, 6.07) is 9.88. The molecule has 1 N–H and O–H groups in total. The van der Waals surface area contributed by atoms with Gasteiger partial charge in [-0.2, -0.15) is 5.10 Å². The number of unbranched alkanes of at least 4 members (excludes halogenated alkanes) is 1. The van der Waals surface area contributed by atoms with Gasteiger partial charge in [0.05, 0.1) is 5.69 Å². The fourth-order valence-electron chi connectivity index (χ4n) is 2.46. The summed E-state index contributed by atoms with van der Waals surface area (Å²) < 4.78 is 1.97. The molecule has 0 unspecified atom stereocenters. The summed E-state index contributed by atoms with van der Waals surface area (Å²) in [7, 11) is 0. The van der Waals surface area contributed by atoms with Gasteiger partial charge in [0, 0.05) is 17.5 Å². The summed E-state index contributed by atoms with van der Waals surface area (Å²) in [5, 5.41) is 15.3. The monoisotopic (exact) mass is 272 g/mol. The van der Waals surface area contributed by atoms with Gasteiger partial charge in [-0.05, 0) is 6.42 Å². The lowest BCUT2D eigenvalue weighted by molar-refractivity contribution is 0.420.